The van der Waals surface area contributed by atoms with Gasteiger partial charge in [0.25, 0.3) is 5.69 Å². The molecular formula is C9H5ClN2O4. The van der Waals surface area contributed by atoms with Crippen LogP contribution in [0.15, 0.2) is 12.1 Å². The summed E-state index contributed by atoms with van der Waals surface area (Å²) in [5.74, 6) is -0.755. The topological polar surface area (TPSA) is 93.2 Å². The average Bonchev–Trinajstić information content (AvgIpc) is 2.26. The van der Waals surface area contributed by atoms with Gasteiger partial charge in [0, 0.05) is 6.07 Å². The maximum atomic E-state index is 11.2. The Bertz CT molecular complexity index is 507. The van der Waals surface area contributed by atoms with Crippen LogP contribution < -0.4 is 0 Å². The number of hydrogen-bond acceptors (Lipinski definition) is 5. The Kier molecular flexibility index (Phi) is 3.43. The van der Waals surface area contributed by atoms with Crippen molar-refractivity contribution in [3.8, 4) is 6.07 Å². The predicted octanol–water partition coefficient (Wildman–Crippen LogP) is 1.91. The molecule has 16 heavy (non-hydrogen) atoms. The number of nitrogens with zero attached hydrogens (tertiary/aromatic N) is 2. The molecule has 1 aromatic carbocycles. The summed E-state index contributed by atoms with van der Waals surface area (Å²) in [7, 11) is 1.14. The molecule has 0 aliphatic carbocycles. The first-order chi connectivity index (χ1) is 7.51. The predicted molar refractivity (Wildman–Crippen MR) is 54.2 cm³/mol. The second kappa shape index (κ2) is 4.59. The van der Waals surface area contributed by atoms with E-state index < -0.39 is 16.6 Å². The van der Waals surface area contributed by atoms with E-state index in [-0.39, 0.29) is 16.1 Å². The number of benzene rings is 1. The fraction of sp³-hybridized carbons (Fsp3) is 0.111. The van der Waals surface area contributed by atoms with Crippen molar-refractivity contribution in [3.05, 3.63) is 38.4 Å². The van der Waals surface area contributed by atoms with Crippen molar-refractivity contribution in [2.75, 3.05) is 7.11 Å². The van der Waals surface area contributed by atoms with Crippen molar-refractivity contribution in [1.82, 2.24) is 0 Å². The maximum Gasteiger partial charge on any atom is 0.338 e. The van der Waals surface area contributed by atoms with Crippen molar-refractivity contribution in [2.24, 2.45) is 0 Å². The van der Waals surface area contributed by atoms with Crippen LogP contribution >= 0.6 is 11.6 Å². The van der Waals surface area contributed by atoms with Gasteiger partial charge in [-0.15, -0.1) is 0 Å². The molecule has 0 unspecified atom stereocenters. The van der Waals surface area contributed by atoms with Crippen LogP contribution in [0.2, 0.25) is 5.02 Å². The zero-order valence-electron chi connectivity index (χ0n) is 8.06. The quantitative estimate of drug-likeness (QED) is 0.447. The number of carbonyl (C=O) groups is 1. The number of hydrogen-bond donors (Lipinski definition) is 0. The molecule has 0 saturated heterocycles. The minimum atomic E-state index is -0.781. The van der Waals surface area contributed by atoms with Crippen LogP contribution in [-0.4, -0.2) is 18.0 Å². The first-order valence-electron chi connectivity index (χ1n) is 3.97. The van der Waals surface area contributed by atoms with E-state index in [0.717, 1.165) is 19.2 Å². The highest BCUT2D eigenvalue weighted by atomic mass is 35.5. The molecule has 0 atom stereocenters. The molecule has 0 aliphatic heterocycles. The molecule has 0 fully saturated rings. The standard InChI is InChI=1S/C9H5ClN2O4/c1-16-9(13)5-2-7(10)6(4-11)8(3-5)12(14)15/h2-3H,1H3. The Hall–Kier alpha value is -2.13. The fourth-order valence-corrected chi connectivity index (χ4v) is 1.34. The Morgan fingerprint density at radius 2 is 2.25 bits per heavy atom. The highest BCUT2D eigenvalue weighted by Gasteiger charge is 2.21. The molecule has 0 heterocycles. The molecule has 0 radical (unpaired) electrons. The normalized spacial score (nSPS) is 9.31. The second-order valence-electron chi connectivity index (χ2n) is 2.71. The molecule has 1 rings (SSSR count). The van der Waals surface area contributed by atoms with E-state index >= 15 is 0 Å². The molecule has 0 spiro atoms. The summed E-state index contributed by atoms with van der Waals surface area (Å²) < 4.78 is 4.40. The molecular weight excluding hydrogens is 236 g/mol. The maximum absolute atomic E-state index is 11.2. The molecule has 0 amide bonds. The fourth-order valence-electron chi connectivity index (χ4n) is 1.08. The molecule has 0 aliphatic rings. The van der Waals surface area contributed by atoms with Crippen LogP contribution in [0.3, 0.4) is 0 Å². The Morgan fingerprint density at radius 3 is 2.69 bits per heavy atom. The third-order valence-electron chi connectivity index (χ3n) is 1.80. The number of ether oxygens (including phenoxy) is 1. The summed E-state index contributed by atoms with van der Waals surface area (Å²) in [6, 6.07) is 3.71. The Balaban J connectivity index is 3.47. The number of halogens is 1. The van der Waals surface area contributed by atoms with Gasteiger partial charge in [-0.2, -0.15) is 5.26 Å². The zero-order chi connectivity index (χ0) is 12.3. The second-order valence-corrected chi connectivity index (χ2v) is 3.12. The first-order valence-corrected chi connectivity index (χ1v) is 4.35. The molecule has 82 valence electrons. The number of nitro benzene ring substituents is 1. The van der Waals surface area contributed by atoms with Gasteiger partial charge in [0.2, 0.25) is 0 Å². The van der Waals surface area contributed by atoms with Crippen LogP contribution in [0.5, 0.6) is 0 Å². The van der Waals surface area contributed by atoms with E-state index in [9.17, 15) is 14.9 Å². The summed E-state index contributed by atoms with van der Waals surface area (Å²) in [6.45, 7) is 0. The lowest BCUT2D eigenvalue weighted by molar-refractivity contribution is -0.385. The molecule has 1 aromatic rings. The lowest BCUT2D eigenvalue weighted by Gasteiger charge is -2.02. The largest absolute Gasteiger partial charge is 0.465 e. The number of nitro groups is 1. The van der Waals surface area contributed by atoms with Crippen molar-refractivity contribution >= 4 is 23.3 Å². The number of esters is 1. The van der Waals surface area contributed by atoms with Gasteiger partial charge in [0.1, 0.15) is 11.6 Å². The number of methoxy groups -OCH3 is 1. The van der Waals surface area contributed by atoms with Crippen LogP contribution in [0.4, 0.5) is 5.69 Å². The Morgan fingerprint density at radius 1 is 1.62 bits per heavy atom. The molecule has 7 heteroatoms. The third-order valence-corrected chi connectivity index (χ3v) is 2.10. The molecule has 0 aromatic heterocycles. The van der Waals surface area contributed by atoms with Crippen molar-refractivity contribution in [3.63, 3.8) is 0 Å². The summed E-state index contributed by atoms with van der Waals surface area (Å²) >= 11 is 5.65. The van der Waals surface area contributed by atoms with Crippen molar-refractivity contribution < 1.29 is 14.5 Å². The van der Waals surface area contributed by atoms with Gasteiger partial charge in [0.15, 0.2) is 0 Å². The van der Waals surface area contributed by atoms with Gasteiger partial charge < -0.3 is 4.74 Å². The van der Waals surface area contributed by atoms with Gasteiger partial charge in [-0.3, -0.25) is 10.1 Å². The van der Waals surface area contributed by atoms with Crippen LogP contribution in [0.25, 0.3) is 0 Å². The van der Waals surface area contributed by atoms with E-state index in [1.807, 2.05) is 0 Å². The van der Waals surface area contributed by atoms with Crippen LogP contribution in [0, 0.1) is 21.4 Å². The van der Waals surface area contributed by atoms with E-state index in [1.54, 1.807) is 6.07 Å². The first kappa shape index (κ1) is 11.9. The van der Waals surface area contributed by atoms with Crippen LogP contribution in [-0.2, 0) is 4.74 Å². The zero-order valence-corrected chi connectivity index (χ0v) is 8.82. The lowest BCUT2D eigenvalue weighted by atomic mass is 10.1. The van der Waals surface area contributed by atoms with Gasteiger partial charge in [-0.25, -0.2) is 4.79 Å². The molecule has 0 bridgehead atoms. The van der Waals surface area contributed by atoms with E-state index in [4.69, 9.17) is 16.9 Å². The van der Waals surface area contributed by atoms with E-state index in [0.29, 0.717) is 0 Å². The van der Waals surface area contributed by atoms with Gasteiger partial charge in [0.05, 0.1) is 22.6 Å². The van der Waals surface area contributed by atoms with Crippen LogP contribution in [0.1, 0.15) is 15.9 Å². The van der Waals surface area contributed by atoms with E-state index in [2.05, 4.69) is 4.74 Å². The molecule has 6 nitrogen and oxygen atoms in total. The monoisotopic (exact) mass is 240 g/mol. The average molecular weight is 241 g/mol. The van der Waals surface area contributed by atoms with Gasteiger partial charge >= 0.3 is 5.97 Å². The van der Waals surface area contributed by atoms with Crippen molar-refractivity contribution in [2.45, 2.75) is 0 Å². The summed E-state index contributed by atoms with van der Waals surface area (Å²) in [6.07, 6.45) is 0. The minimum Gasteiger partial charge on any atom is -0.465 e. The molecule has 0 N–H and O–H groups in total. The highest BCUT2D eigenvalue weighted by Crippen LogP contribution is 2.27. The lowest BCUT2D eigenvalue weighted by Crippen LogP contribution is -2.03. The van der Waals surface area contributed by atoms with E-state index in [1.165, 1.54) is 0 Å². The molecule has 0 saturated carbocycles. The summed E-state index contributed by atoms with van der Waals surface area (Å²) in [5.41, 5.74) is -0.868. The number of nitriles is 1. The van der Waals surface area contributed by atoms with Gasteiger partial charge in [-0.1, -0.05) is 11.6 Å². The van der Waals surface area contributed by atoms with Gasteiger partial charge in [-0.05, 0) is 6.07 Å². The summed E-state index contributed by atoms with van der Waals surface area (Å²) in [4.78, 5) is 21.0. The number of carbonyl (C=O) groups excluding carboxylic acids is 1. The number of rotatable bonds is 2. The highest BCUT2D eigenvalue weighted by molar-refractivity contribution is 6.32. The summed E-state index contributed by atoms with van der Waals surface area (Å²) in [5, 5.41) is 19.2. The minimum absolute atomic E-state index is 0.0711. The van der Waals surface area contributed by atoms with Crippen molar-refractivity contribution in [1.29, 1.82) is 5.26 Å². The Labute approximate surface area is 95.2 Å². The SMILES string of the molecule is COC(=O)c1cc(Cl)c(C#N)c([N+](=O)[O-])c1. The third kappa shape index (κ3) is 2.10. The smallest absolute Gasteiger partial charge is 0.338 e.